The molecule has 0 spiro atoms. The van der Waals surface area contributed by atoms with Crippen LogP contribution in [-0.4, -0.2) is 32.5 Å². The Morgan fingerprint density at radius 2 is 1.53 bits per heavy atom. The van der Waals surface area contributed by atoms with Crippen molar-refractivity contribution in [2.45, 2.75) is 63.1 Å². The summed E-state index contributed by atoms with van der Waals surface area (Å²) in [6, 6.07) is 0. The average molecular weight is 240 g/mol. The summed E-state index contributed by atoms with van der Waals surface area (Å²) in [4.78, 5) is 11.0. The number of aliphatic hydroxyl groups is 2. The molecule has 3 N–H and O–H groups in total. The summed E-state index contributed by atoms with van der Waals surface area (Å²) in [7, 11) is 0. The van der Waals surface area contributed by atoms with Gasteiger partial charge in [0.1, 0.15) is 0 Å². The van der Waals surface area contributed by atoms with Gasteiger partial charge in [-0.3, -0.25) is 4.79 Å². The third-order valence-electron chi connectivity index (χ3n) is 4.91. The van der Waals surface area contributed by atoms with Gasteiger partial charge >= 0.3 is 5.97 Å². The lowest BCUT2D eigenvalue weighted by Gasteiger charge is -2.66. The summed E-state index contributed by atoms with van der Waals surface area (Å²) in [5.74, 6) is -0.817. The Hall–Kier alpha value is -0.610. The minimum absolute atomic E-state index is 0.0766. The molecule has 0 saturated heterocycles. The maximum absolute atomic E-state index is 11.0. The van der Waals surface area contributed by atoms with Gasteiger partial charge in [-0.25, -0.2) is 0 Å². The molecule has 0 aromatic heterocycles. The fourth-order valence-corrected chi connectivity index (χ4v) is 5.76. The van der Waals surface area contributed by atoms with E-state index < -0.39 is 22.6 Å². The molecule has 4 nitrogen and oxygen atoms in total. The van der Waals surface area contributed by atoms with Crippen molar-refractivity contribution >= 4 is 5.97 Å². The first-order chi connectivity index (χ1) is 7.66. The molecule has 0 amide bonds. The Kier molecular flexibility index (Phi) is 1.93. The van der Waals surface area contributed by atoms with Gasteiger partial charge in [0.05, 0.1) is 17.6 Å². The molecule has 17 heavy (non-hydrogen) atoms. The molecule has 4 aliphatic rings. The second kappa shape index (κ2) is 2.86. The number of aliphatic carboxylic acids is 1. The quantitative estimate of drug-likeness (QED) is 0.680. The molecule has 2 unspecified atom stereocenters. The molecular formula is C13H20O4. The summed E-state index contributed by atoms with van der Waals surface area (Å²) in [6.07, 6.45) is 3.85. The van der Waals surface area contributed by atoms with Crippen molar-refractivity contribution in [3.05, 3.63) is 0 Å². The van der Waals surface area contributed by atoms with Gasteiger partial charge in [-0.15, -0.1) is 0 Å². The number of carbonyl (C=O) groups is 1. The van der Waals surface area contributed by atoms with E-state index in [-0.39, 0.29) is 11.8 Å². The third kappa shape index (κ3) is 1.69. The number of rotatable bonds is 2. The highest BCUT2D eigenvalue weighted by molar-refractivity contribution is 5.68. The van der Waals surface area contributed by atoms with E-state index in [1.54, 1.807) is 0 Å². The average Bonchev–Trinajstić information content (AvgIpc) is 1.87. The summed E-state index contributed by atoms with van der Waals surface area (Å²) in [5.41, 5.74) is -2.16. The SMILES string of the molecule is CC12CC3(O)CC(O)(C1)CC(CC(=O)O)(C2)C3. The van der Waals surface area contributed by atoms with E-state index in [9.17, 15) is 15.0 Å². The zero-order valence-electron chi connectivity index (χ0n) is 10.2. The van der Waals surface area contributed by atoms with Gasteiger partial charge in [0.15, 0.2) is 0 Å². The van der Waals surface area contributed by atoms with E-state index in [0.29, 0.717) is 32.1 Å². The number of carboxylic acids is 1. The summed E-state index contributed by atoms with van der Waals surface area (Å²) < 4.78 is 0. The molecule has 0 aliphatic heterocycles. The second-order valence-corrected chi connectivity index (χ2v) is 7.39. The van der Waals surface area contributed by atoms with Gasteiger partial charge in [-0.05, 0) is 42.9 Å². The monoisotopic (exact) mass is 240 g/mol. The van der Waals surface area contributed by atoms with E-state index in [1.807, 2.05) is 0 Å². The highest BCUT2D eigenvalue weighted by Gasteiger charge is 2.66. The van der Waals surface area contributed by atoms with E-state index in [1.165, 1.54) is 0 Å². The van der Waals surface area contributed by atoms with Gasteiger partial charge in [-0.2, -0.15) is 0 Å². The largest absolute Gasteiger partial charge is 0.481 e. The molecule has 96 valence electrons. The van der Waals surface area contributed by atoms with Crippen molar-refractivity contribution in [1.29, 1.82) is 0 Å². The molecule has 2 atom stereocenters. The van der Waals surface area contributed by atoms with Gasteiger partial charge in [0.25, 0.3) is 0 Å². The number of hydrogen-bond acceptors (Lipinski definition) is 3. The first-order valence-corrected chi connectivity index (χ1v) is 6.32. The minimum atomic E-state index is -0.840. The van der Waals surface area contributed by atoms with Crippen LogP contribution in [0.5, 0.6) is 0 Å². The number of hydrogen-bond donors (Lipinski definition) is 3. The Bertz CT molecular complexity index is 335. The van der Waals surface area contributed by atoms with Gasteiger partial charge in [-0.1, -0.05) is 6.92 Å². The summed E-state index contributed by atoms with van der Waals surface area (Å²) in [6.45, 7) is 2.08. The highest BCUT2D eigenvalue weighted by Crippen LogP contribution is 2.68. The van der Waals surface area contributed by atoms with Crippen LogP contribution in [0.25, 0.3) is 0 Å². The van der Waals surface area contributed by atoms with Gasteiger partial charge in [0, 0.05) is 6.42 Å². The summed E-state index contributed by atoms with van der Waals surface area (Å²) in [5, 5.41) is 30.2. The predicted molar refractivity (Wildman–Crippen MR) is 60.4 cm³/mol. The van der Waals surface area contributed by atoms with Crippen LogP contribution in [0.15, 0.2) is 0 Å². The topological polar surface area (TPSA) is 77.8 Å². The fourth-order valence-electron chi connectivity index (χ4n) is 5.76. The zero-order chi connectivity index (χ0) is 12.5. The predicted octanol–water partition coefficient (Wildman–Crippen LogP) is 1.30. The molecule has 4 aliphatic carbocycles. The highest BCUT2D eigenvalue weighted by atomic mass is 16.4. The molecule has 0 aromatic rings. The maximum Gasteiger partial charge on any atom is 0.303 e. The van der Waals surface area contributed by atoms with E-state index in [2.05, 4.69) is 6.92 Å². The standard InChI is InChI=1S/C13H20O4/c1-10-3-11(2-9(14)15)6-12(16,4-10)8-13(17,5-10)7-11/h16-17H,2-8H2,1H3,(H,14,15). The van der Waals surface area contributed by atoms with Crippen molar-refractivity contribution in [3.8, 4) is 0 Å². The molecule has 4 rings (SSSR count). The van der Waals surface area contributed by atoms with Gasteiger partial charge in [0.2, 0.25) is 0 Å². The Morgan fingerprint density at radius 3 is 1.94 bits per heavy atom. The zero-order valence-corrected chi connectivity index (χ0v) is 10.2. The first-order valence-electron chi connectivity index (χ1n) is 6.32. The molecule has 4 saturated carbocycles. The lowest BCUT2D eigenvalue weighted by molar-refractivity contribution is -0.256. The van der Waals surface area contributed by atoms with Crippen LogP contribution in [0.4, 0.5) is 0 Å². The summed E-state index contributed by atoms with van der Waals surface area (Å²) >= 11 is 0. The van der Waals surface area contributed by atoms with Crippen molar-refractivity contribution in [1.82, 2.24) is 0 Å². The molecule has 4 fully saturated rings. The van der Waals surface area contributed by atoms with E-state index in [4.69, 9.17) is 5.11 Å². The van der Waals surface area contributed by atoms with Gasteiger partial charge < -0.3 is 15.3 Å². The molecule has 4 heteroatoms. The van der Waals surface area contributed by atoms with Crippen molar-refractivity contribution < 1.29 is 20.1 Å². The van der Waals surface area contributed by atoms with Crippen LogP contribution in [-0.2, 0) is 4.79 Å². The van der Waals surface area contributed by atoms with Crippen molar-refractivity contribution in [2.75, 3.05) is 0 Å². The molecule has 0 heterocycles. The molecule has 4 bridgehead atoms. The fraction of sp³-hybridized carbons (Fsp3) is 0.923. The molecular weight excluding hydrogens is 220 g/mol. The van der Waals surface area contributed by atoms with Crippen LogP contribution in [0.2, 0.25) is 0 Å². The minimum Gasteiger partial charge on any atom is -0.481 e. The Morgan fingerprint density at radius 1 is 1.00 bits per heavy atom. The Balaban J connectivity index is 2.01. The number of carboxylic acid groups (broad SMARTS) is 1. The second-order valence-electron chi connectivity index (χ2n) is 7.39. The van der Waals surface area contributed by atoms with Crippen molar-refractivity contribution in [2.24, 2.45) is 10.8 Å². The smallest absolute Gasteiger partial charge is 0.303 e. The third-order valence-corrected chi connectivity index (χ3v) is 4.91. The van der Waals surface area contributed by atoms with Crippen molar-refractivity contribution in [3.63, 3.8) is 0 Å². The lowest BCUT2D eigenvalue weighted by atomic mass is 9.41. The lowest BCUT2D eigenvalue weighted by Crippen LogP contribution is -2.66. The van der Waals surface area contributed by atoms with E-state index in [0.717, 1.165) is 6.42 Å². The van der Waals surface area contributed by atoms with Crippen LogP contribution in [0, 0.1) is 10.8 Å². The van der Waals surface area contributed by atoms with Crippen LogP contribution < -0.4 is 0 Å². The molecule has 0 aromatic carbocycles. The Labute approximate surface area is 101 Å². The van der Waals surface area contributed by atoms with E-state index >= 15 is 0 Å². The normalized spacial score (nSPS) is 56.2. The van der Waals surface area contributed by atoms with Crippen LogP contribution >= 0.6 is 0 Å². The maximum atomic E-state index is 11.0. The van der Waals surface area contributed by atoms with Crippen LogP contribution in [0.1, 0.15) is 51.9 Å². The first kappa shape index (κ1) is 11.5. The van der Waals surface area contributed by atoms with Crippen LogP contribution in [0.3, 0.4) is 0 Å². The molecule has 0 radical (unpaired) electrons.